The van der Waals surface area contributed by atoms with E-state index >= 15 is 0 Å². The van der Waals surface area contributed by atoms with Crippen LogP contribution in [0.25, 0.3) is 0 Å². The van der Waals surface area contributed by atoms with Gasteiger partial charge >= 0.3 is 0 Å². The van der Waals surface area contributed by atoms with Gasteiger partial charge in [0.15, 0.2) is 0 Å². The number of benzene rings is 1. The highest BCUT2D eigenvalue weighted by molar-refractivity contribution is 6.32. The first kappa shape index (κ1) is 13.7. The van der Waals surface area contributed by atoms with Crippen molar-refractivity contribution in [1.82, 2.24) is 4.98 Å². The van der Waals surface area contributed by atoms with Crippen LogP contribution in [-0.2, 0) is 4.79 Å². The van der Waals surface area contributed by atoms with Crippen molar-refractivity contribution in [2.45, 2.75) is 6.04 Å². The highest BCUT2D eigenvalue weighted by Gasteiger charge is 2.29. The molecule has 0 fully saturated rings. The van der Waals surface area contributed by atoms with Gasteiger partial charge in [-0.25, -0.2) is 0 Å². The Labute approximate surface area is 127 Å². The van der Waals surface area contributed by atoms with Gasteiger partial charge in [-0.05, 0) is 17.7 Å². The summed E-state index contributed by atoms with van der Waals surface area (Å²) in [6.45, 7) is 0.360. The minimum Gasteiger partial charge on any atom is -0.495 e. The molecular weight excluding hydrogens is 292 g/mol. The number of aromatic nitrogens is 1. The van der Waals surface area contributed by atoms with E-state index < -0.39 is 0 Å². The maximum absolute atomic E-state index is 11.5. The van der Waals surface area contributed by atoms with Gasteiger partial charge in [0.2, 0.25) is 6.41 Å². The normalized spacial score (nSPS) is 16.9. The monoisotopic (exact) mass is 304 g/mol. The maximum Gasteiger partial charge on any atom is 0.214 e. The first-order chi connectivity index (χ1) is 10.2. The predicted octanol–water partition coefficient (Wildman–Crippen LogP) is 2.84. The maximum atomic E-state index is 11.5. The molecule has 21 heavy (non-hydrogen) atoms. The molecule has 5 nitrogen and oxygen atoms in total. The van der Waals surface area contributed by atoms with Crippen LogP contribution in [0.5, 0.6) is 11.5 Å². The second-order valence-corrected chi connectivity index (χ2v) is 4.98. The summed E-state index contributed by atoms with van der Waals surface area (Å²) in [5.41, 5.74) is 1.53. The van der Waals surface area contributed by atoms with Crippen molar-refractivity contribution in [1.29, 1.82) is 0 Å². The molecule has 0 saturated carbocycles. The van der Waals surface area contributed by atoms with Gasteiger partial charge < -0.3 is 9.47 Å². The smallest absolute Gasteiger partial charge is 0.214 e. The van der Waals surface area contributed by atoms with Crippen LogP contribution in [0.4, 0.5) is 5.69 Å². The zero-order valence-corrected chi connectivity index (χ0v) is 12.1. The molecule has 0 N–H and O–H groups in total. The van der Waals surface area contributed by atoms with E-state index in [1.807, 2.05) is 6.07 Å². The summed E-state index contributed by atoms with van der Waals surface area (Å²) < 4.78 is 10.8. The fourth-order valence-corrected chi connectivity index (χ4v) is 2.65. The van der Waals surface area contributed by atoms with Gasteiger partial charge in [0.1, 0.15) is 23.8 Å². The van der Waals surface area contributed by atoms with E-state index in [4.69, 9.17) is 21.1 Å². The molecule has 3 rings (SSSR count). The fraction of sp³-hybridized carbons (Fsp3) is 0.200. The van der Waals surface area contributed by atoms with E-state index in [2.05, 4.69) is 4.98 Å². The van der Waals surface area contributed by atoms with Gasteiger partial charge in [0, 0.05) is 12.3 Å². The van der Waals surface area contributed by atoms with Crippen LogP contribution in [0.15, 0.2) is 36.7 Å². The zero-order chi connectivity index (χ0) is 14.8. The Morgan fingerprint density at radius 2 is 2.33 bits per heavy atom. The molecule has 1 unspecified atom stereocenters. The van der Waals surface area contributed by atoms with Crippen molar-refractivity contribution in [3.05, 3.63) is 47.2 Å². The van der Waals surface area contributed by atoms with E-state index in [-0.39, 0.29) is 6.04 Å². The molecule has 0 bridgehead atoms. The minimum absolute atomic E-state index is 0.248. The van der Waals surface area contributed by atoms with Crippen molar-refractivity contribution in [3.63, 3.8) is 0 Å². The lowest BCUT2D eigenvalue weighted by Gasteiger charge is -2.34. The molecule has 2 aromatic rings. The van der Waals surface area contributed by atoms with Crippen LogP contribution in [-0.4, -0.2) is 25.1 Å². The average Bonchev–Trinajstić information content (AvgIpc) is 2.53. The first-order valence-electron chi connectivity index (χ1n) is 6.38. The van der Waals surface area contributed by atoms with Gasteiger partial charge in [-0.1, -0.05) is 17.7 Å². The Balaban J connectivity index is 1.99. The van der Waals surface area contributed by atoms with E-state index in [1.165, 1.54) is 0 Å². The first-order valence-corrected chi connectivity index (χ1v) is 6.76. The molecule has 0 aliphatic carbocycles. The second kappa shape index (κ2) is 5.61. The lowest BCUT2D eigenvalue weighted by molar-refractivity contribution is -0.108. The molecule has 1 aromatic heterocycles. The number of hydrogen-bond acceptors (Lipinski definition) is 4. The SMILES string of the molecule is COc1ccc(C2COc3ccncc3N2C=O)cc1Cl. The molecule has 0 saturated heterocycles. The van der Waals surface area contributed by atoms with E-state index in [1.54, 1.807) is 42.6 Å². The Morgan fingerprint density at radius 3 is 3.05 bits per heavy atom. The zero-order valence-electron chi connectivity index (χ0n) is 11.3. The van der Waals surface area contributed by atoms with E-state index in [0.717, 1.165) is 12.0 Å². The summed E-state index contributed by atoms with van der Waals surface area (Å²) in [7, 11) is 1.56. The van der Waals surface area contributed by atoms with Crippen molar-refractivity contribution in [3.8, 4) is 11.5 Å². The van der Waals surface area contributed by atoms with Gasteiger partial charge in [0.25, 0.3) is 0 Å². The average molecular weight is 305 g/mol. The summed E-state index contributed by atoms with van der Waals surface area (Å²) in [4.78, 5) is 17.1. The van der Waals surface area contributed by atoms with E-state index in [0.29, 0.717) is 28.8 Å². The second-order valence-electron chi connectivity index (χ2n) is 4.58. The third-order valence-corrected chi connectivity index (χ3v) is 3.74. The summed E-state index contributed by atoms with van der Waals surface area (Å²) in [5.74, 6) is 1.24. The van der Waals surface area contributed by atoms with Gasteiger partial charge in [-0.15, -0.1) is 0 Å². The van der Waals surface area contributed by atoms with Crippen LogP contribution >= 0.6 is 11.6 Å². The fourth-order valence-electron chi connectivity index (χ4n) is 2.38. The number of amides is 1. The lowest BCUT2D eigenvalue weighted by atomic mass is 10.0. The van der Waals surface area contributed by atoms with E-state index in [9.17, 15) is 4.79 Å². The van der Waals surface area contributed by atoms with Crippen LogP contribution in [0, 0.1) is 0 Å². The number of fused-ring (bicyclic) bond motifs is 1. The number of pyridine rings is 1. The Bertz CT molecular complexity index is 678. The number of rotatable bonds is 3. The van der Waals surface area contributed by atoms with Crippen molar-refractivity contribution in [2.75, 3.05) is 18.6 Å². The molecule has 2 heterocycles. The highest BCUT2D eigenvalue weighted by Crippen LogP contribution is 2.39. The number of halogens is 1. The number of hydrogen-bond donors (Lipinski definition) is 0. The number of carbonyl (C=O) groups is 1. The van der Waals surface area contributed by atoms with Crippen molar-refractivity contribution >= 4 is 23.7 Å². The minimum atomic E-state index is -0.248. The van der Waals surface area contributed by atoms with Crippen molar-refractivity contribution < 1.29 is 14.3 Å². The van der Waals surface area contributed by atoms with Gasteiger partial charge in [-0.2, -0.15) is 0 Å². The number of carbonyl (C=O) groups excluding carboxylic acids is 1. The Morgan fingerprint density at radius 1 is 1.48 bits per heavy atom. The molecule has 1 aliphatic rings. The molecule has 0 radical (unpaired) electrons. The third-order valence-electron chi connectivity index (χ3n) is 3.45. The highest BCUT2D eigenvalue weighted by atomic mass is 35.5. The number of nitrogens with zero attached hydrogens (tertiary/aromatic N) is 2. The molecule has 1 aromatic carbocycles. The van der Waals surface area contributed by atoms with Crippen LogP contribution < -0.4 is 14.4 Å². The summed E-state index contributed by atoms with van der Waals surface area (Å²) in [5, 5.41) is 0.498. The molecule has 6 heteroatoms. The number of methoxy groups -OCH3 is 1. The predicted molar refractivity (Wildman–Crippen MR) is 79.0 cm³/mol. The Hall–Kier alpha value is -2.27. The number of anilines is 1. The van der Waals surface area contributed by atoms with Gasteiger partial charge in [0.05, 0.1) is 24.4 Å². The third kappa shape index (κ3) is 2.40. The summed E-state index contributed by atoms with van der Waals surface area (Å²) in [6, 6.07) is 6.92. The molecule has 108 valence electrons. The summed E-state index contributed by atoms with van der Waals surface area (Å²) >= 11 is 6.15. The standard InChI is InChI=1S/C15H13ClN2O3/c1-20-14-3-2-10(6-11(14)16)13-8-21-15-4-5-17-7-12(15)18(13)9-19/h2-7,9,13H,8H2,1H3. The molecule has 1 atom stereocenters. The largest absolute Gasteiger partial charge is 0.495 e. The Kier molecular flexibility index (Phi) is 3.66. The van der Waals surface area contributed by atoms with Gasteiger partial charge in [-0.3, -0.25) is 14.7 Å². The van der Waals surface area contributed by atoms with Crippen LogP contribution in [0.3, 0.4) is 0 Å². The molecule has 0 spiro atoms. The van der Waals surface area contributed by atoms with Crippen LogP contribution in [0.2, 0.25) is 5.02 Å². The molecule has 1 amide bonds. The van der Waals surface area contributed by atoms with Crippen molar-refractivity contribution in [2.24, 2.45) is 0 Å². The topological polar surface area (TPSA) is 51.7 Å². The quantitative estimate of drug-likeness (QED) is 0.818. The summed E-state index contributed by atoms with van der Waals surface area (Å²) in [6.07, 6.45) is 4.03. The van der Waals surface area contributed by atoms with Crippen LogP contribution in [0.1, 0.15) is 11.6 Å². The lowest BCUT2D eigenvalue weighted by Crippen LogP contribution is -2.35. The molecular formula is C15H13ClN2O3. The number of ether oxygens (including phenoxy) is 2. The molecule has 1 aliphatic heterocycles.